The van der Waals surface area contributed by atoms with Crippen molar-refractivity contribution in [2.75, 3.05) is 13.1 Å². The molecule has 0 heterocycles. The molecule has 0 radical (unpaired) electrons. The van der Waals surface area contributed by atoms with Crippen molar-refractivity contribution in [3.05, 3.63) is 454 Å². The highest BCUT2D eigenvalue weighted by Crippen LogP contribution is 2.32. The molecule has 0 fully saturated rings. The van der Waals surface area contributed by atoms with Crippen LogP contribution in [0.25, 0.3) is 33.4 Å². The van der Waals surface area contributed by atoms with Crippen molar-refractivity contribution < 1.29 is 36.2 Å². The molecule has 14 aromatic carbocycles. The predicted molar refractivity (Wildman–Crippen MR) is 498 cm³/mol. The number of alkyl halides is 1. The molecule has 0 aliphatic carbocycles. The number of rotatable bonds is 20. The third-order valence-electron chi connectivity index (χ3n) is 17.4. The Morgan fingerprint density at radius 2 is 0.734 bits per heavy atom. The van der Waals surface area contributed by atoms with Crippen LogP contribution in [0.5, 0.6) is 11.5 Å². The highest BCUT2D eigenvalue weighted by atomic mass is 79.9. The Kier molecular flexibility index (Phi) is 44.3. The molecule has 0 bridgehead atoms. The van der Waals surface area contributed by atoms with E-state index < -0.39 is 52.9 Å². The van der Waals surface area contributed by atoms with E-state index in [0.29, 0.717) is 18.6 Å². The summed E-state index contributed by atoms with van der Waals surface area (Å²) < 4.78 is 75.9. The molecular weight excluding hydrogens is 1650 g/mol. The summed E-state index contributed by atoms with van der Waals surface area (Å²) in [6.45, 7) is 3.78. The van der Waals surface area contributed by atoms with Gasteiger partial charge in [-0.1, -0.05) is 396 Å². The third kappa shape index (κ3) is 32.0. The zero-order chi connectivity index (χ0) is 86.5. The molecule has 0 aliphatic heterocycles. The highest BCUT2D eigenvalue weighted by molar-refractivity contribution is 9.08. The minimum Gasteiger partial charge on any atom is -0.489 e. The van der Waals surface area contributed by atoms with Crippen LogP contribution in [-0.4, -0.2) is 54.4 Å². The van der Waals surface area contributed by atoms with Crippen LogP contribution < -0.4 is 20.9 Å². The molecule has 19 heteroatoms. The van der Waals surface area contributed by atoms with Crippen LogP contribution in [0, 0.1) is 79.8 Å². The summed E-state index contributed by atoms with van der Waals surface area (Å²) in [5.41, 5.74) is 29.1. The standard InChI is InChI=1S/C28H22N2.C16H10ClF5O3.C15H12N2.C15H14N2.C13H11Br.C13H11N.C2H4N2.3CH4/c29-21-27(20-22-16-18-24(19-17-22)23-10-4-1-5-11-23)30-28(25-12-6-2-7-13-25)26-14-8-3-9-15-26;1-6(2)24-9-4-3-7(5-8(9)17)16(23)25-15-13(21)11(19)10(18)12(20)14(15)22;16-11-12-17-15(13-7-3-1-4-8-13)14-9-5-2-6-10-14;16-11-15(17)10-12-6-8-14(9-7-12)13-4-2-1-3-5-13;14-10-11-6-8-13(9-7-11)12-4-2-1-3-5-12;14-13(11-7-3-1-4-8-11)12-9-5-2-6-10-12;3-1-2-4;;;/h1-19,27H,20H2;3-6H,1-2H3;1-10H,12H2;1-9,15H,10,17H2;1-9H,10H2;1-10,14H;1,3H2;3*1H4. The lowest BCUT2D eigenvalue weighted by Gasteiger charge is -2.12. The van der Waals surface area contributed by atoms with Gasteiger partial charge in [-0.25, -0.2) is 18.0 Å². The van der Waals surface area contributed by atoms with Gasteiger partial charge in [-0.05, 0) is 93.2 Å². The molecule has 5 N–H and O–H groups in total. The molecule has 0 aromatic heterocycles. The summed E-state index contributed by atoms with van der Waals surface area (Å²) in [5, 5.41) is 43.5. The van der Waals surface area contributed by atoms with Crippen LogP contribution in [0.1, 0.15) is 96.6 Å². The summed E-state index contributed by atoms with van der Waals surface area (Å²) in [4.78, 5) is 21.1. The SMILES string of the molecule is BrCc1ccc(-c2ccccc2)cc1.C.C.C.CC(C)Oc1ccc(C(=O)Oc2c(F)c(F)c(F)c(F)c2F)cc1Cl.N#CC(Cc1ccc(-c2ccccc2)cc1)N=C(c1ccccc1)c1ccccc1.N#CC(N)Cc1ccc(-c2ccccc2)cc1.N#CCN.N#CCN=C(c1ccccc1)c1ccccc1.N=C(c1ccccc1)c1ccccc1. The number of aliphatic imine (C=N–C) groups is 2. The second-order valence-corrected chi connectivity index (χ2v) is 27.4. The van der Waals surface area contributed by atoms with E-state index in [1.54, 1.807) is 19.9 Å². The Balaban J connectivity index is 0.000000266. The quantitative estimate of drug-likeness (QED) is 0.00961. The maximum atomic E-state index is 13.5. The van der Waals surface area contributed by atoms with Gasteiger partial charge in [-0.2, -0.15) is 29.8 Å². The summed E-state index contributed by atoms with van der Waals surface area (Å²) in [5.74, 6) is -14.1. The molecule has 0 spiro atoms. The van der Waals surface area contributed by atoms with Gasteiger partial charge in [-0.3, -0.25) is 15.4 Å². The molecule has 0 saturated carbocycles. The number of halogens is 7. The lowest BCUT2D eigenvalue weighted by Crippen LogP contribution is -2.19. The number of nitrogens with zero attached hydrogens (tertiary/aromatic N) is 6. The summed E-state index contributed by atoms with van der Waals surface area (Å²) in [6, 6.07) is 126. The van der Waals surface area contributed by atoms with Crippen molar-refractivity contribution in [1.82, 2.24) is 0 Å². The molecule has 124 heavy (non-hydrogen) atoms. The van der Waals surface area contributed by atoms with Crippen LogP contribution in [0.4, 0.5) is 22.0 Å². The van der Waals surface area contributed by atoms with Crippen molar-refractivity contribution in [1.29, 1.82) is 26.5 Å². The third-order valence-corrected chi connectivity index (χ3v) is 18.4. The number of benzene rings is 14. The molecular formula is C105H96BrClF5N9O3. The first-order valence-corrected chi connectivity index (χ1v) is 39.6. The predicted octanol–water partition coefficient (Wildman–Crippen LogP) is 25.9. The minimum atomic E-state index is -2.35. The number of ether oxygens (including phenoxy) is 2. The van der Waals surface area contributed by atoms with Gasteiger partial charge >= 0.3 is 5.97 Å². The van der Waals surface area contributed by atoms with Gasteiger partial charge in [0.15, 0.2) is 0 Å². The van der Waals surface area contributed by atoms with E-state index in [1.807, 2.05) is 243 Å². The van der Waals surface area contributed by atoms with Crippen molar-refractivity contribution in [2.24, 2.45) is 21.5 Å². The van der Waals surface area contributed by atoms with Gasteiger partial charge in [-0.15, -0.1) is 0 Å². The van der Waals surface area contributed by atoms with E-state index in [1.165, 1.54) is 45.0 Å². The number of esters is 1. The number of nitrogens with one attached hydrogen (secondary N) is 1. The Bertz CT molecular complexity index is 5620. The maximum absolute atomic E-state index is 13.5. The van der Waals surface area contributed by atoms with E-state index in [4.69, 9.17) is 48.3 Å². The first-order valence-electron chi connectivity index (χ1n) is 38.1. The highest BCUT2D eigenvalue weighted by Gasteiger charge is 2.29. The number of carbonyl (C=O) groups excluding carboxylic acids is 1. The average molecular weight is 1740 g/mol. The Morgan fingerprint density at radius 3 is 1.05 bits per heavy atom. The zero-order valence-corrected chi connectivity index (χ0v) is 68.5. The number of nitriles is 4. The fourth-order valence-electron chi connectivity index (χ4n) is 11.5. The van der Waals surface area contributed by atoms with Crippen LogP contribution in [0.3, 0.4) is 0 Å². The molecule has 0 amide bonds. The van der Waals surface area contributed by atoms with E-state index in [-0.39, 0.29) is 57.8 Å². The first-order chi connectivity index (χ1) is 58.9. The summed E-state index contributed by atoms with van der Waals surface area (Å²) in [6.07, 6.45) is 0.976. The summed E-state index contributed by atoms with van der Waals surface area (Å²) >= 11 is 9.34. The van der Waals surface area contributed by atoms with Crippen molar-refractivity contribution in [3.8, 4) is 69.2 Å². The largest absolute Gasteiger partial charge is 0.489 e. The summed E-state index contributed by atoms with van der Waals surface area (Å²) in [7, 11) is 0. The number of nitrogens with two attached hydrogens (primary N) is 2. The van der Waals surface area contributed by atoms with Gasteiger partial charge in [0.25, 0.3) is 0 Å². The average Bonchev–Trinajstić information content (AvgIpc) is 0.787. The molecule has 12 nitrogen and oxygen atoms in total. The van der Waals surface area contributed by atoms with E-state index in [9.17, 15) is 32.0 Å². The van der Waals surface area contributed by atoms with Crippen LogP contribution in [0.2, 0.25) is 5.02 Å². The maximum Gasteiger partial charge on any atom is 0.343 e. The van der Waals surface area contributed by atoms with Gasteiger partial charge in [0, 0.05) is 40.4 Å². The molecule has 0 saturated heterocycles. The van der Waals surface area contributed by atoms with Crippen LogP contribution in [-0.2, 0) is 18.2 Å². The van der Waals surface area contributed by atoms with Gasteiger partial charge in [0.1, 0.15) is 18.3 Å². The van der Waals surface area contributed by atoms with E-state index >= 15 is 0 Å². The smallest absolute Gasteiger partial charge is 0.343 e. The Hall–Kier alpha value is -14.3. The second kappa shape index (κ2) is 54.8. The Morgan fingerprint density at radius 1 is 0.419 bits per heavy atom. The van der Waals surface area contributed by atoms with Crippen molar-refractivity contribution >= 4 is 50.6 Å². The van der Waals surface area contributed by atoms with Crippen molar-refractivity contribution in [3.63, 3.8) is 0 Å². The number of hydrogen-bond donors (Lipinski definition) is 3. The van der Waals surface area contributed by atoms with Crippen LogP contribution >= 0.6 is 27.5 Å². The van der Waals surface area contributed by atoms with Crippen molar-refractivity contribution in [2.45, 2.75) is 72.5 Å². The van der Waals surface area contributed by atoms with Crippen LogP contribution in [0.15, 0.2) is 374 Å². The lowest BCUT2D eigenvalue weighted by molar-refractivity contribution is 0.0715. The topological polar surface area (TPSA) is 231 Å². The second-order valence-electron chi connectivity index (χ2n) is 26.4. The van der Waals surface area contributed by atoms with Gasteiger partial charge < -0.3 is 20.9 Å². The van der Waals surface area contributed by atoms with E-state index in [0.717, 1.165) is 73.4 Å². The molecule has 2 atom stereocenters. The lowest BCUT2D eigenvalue weighted by atomic mass is 9.99. The molecule has 0 aliphatic rings. The fraction of sp³-hybridized carbons (Fsp3) is 0.124. The minimum absolute atomic E-state index is 0. The number of hydrogen-bond acceptors (Lipinski definition) is 12. The monoisotopic (exact) mass is 1740 g/mol. The molecule has 628 valence electrons. The fourth-order valence-corrected chi connectivity index (χ4v) is 12.1. The van der Waals surface area contributed by atoms with Gasteiger partial charge in [0.2, 0.25) is 34.8 Å². The zero-order valence-electron chi connectivity index (χ0n) is 66.1. The first kappa shape index (κ1) is 100. The molecule has 14 aromatic rings. The molecule has 14 rings (SSSR count). The van der Waals surface area contributed by atoms with Gasteiger partial charge in [0.05, 0.1) is 70.7 Å². The normalized spacial score (nSPS) is 10.2. The molecule has 2 unspecified atom stereocenters. The number of carbonyl (C=O) groups is 1. The Labute approximate surface area is 738 Å². The van der Waals surface area contributed by atoms with E-state index in [2.05, 4.69) is 153 Å².